The summed E-state index contributed by atoms with van der Waals surface area (Å²) >= 11 is 0. The summed E-state index contributed by atoms with van der Waals surface area (Å²) in [7, 11) is -29.4. The molecule has 122 heavy (non-hydrogen) atoms. The highest BCUT2D eigenvalue weighted by molar-refractivity contribution is 8.79. The average molecular weight is 2320 g/mol. The van der Waals surface area contributed by atoms with Crippen LogP contribution in [0.25, 0.3) is 0 Å². The van der Waals surface area contributed by atoms with E-state index in [9.17, 15) is 94.6 Å². The minimum Gasteiger partial charge on any atom is -0.756 e. The monoisotopic (exact) mass is 2320 g/mol. The fourth-order valence-electron chi connectivity index (χ4n) is 9.29. The van der Waals surface area contributed by atoms with Crippen molar-refractivity contribution in [3.8, 4) is 0 Å². The molecule has 0 spiro atoms. The lowest BCUT2D eigenvalue weighted by Gasteiger charge is -2.38. The van der Waals surface area contributed by atoms with Crippen molar-refractivity contribution in [3.63, 3.8) is 0 Å². The van der Waals surface area contributed by atoms with E-state index in [1.807, 2.05) is 0 Å². The van der Waals surface area contributed by atoms with Crippen LogP contribution in [0, 0.1) is 0 Å². The van der Waals surface area contributed by atoms with E-state index in [-0.39, 0.29) is 109 Å². The number of hydrogen-bond donors (Lipinski definition) is 0. The summed E-state index contributed by atoms with van der Waals surface area (Å²) < 4.78 is 233. The molecule has 30 atom stereocenters. The van der Waals surface area contributed by atoms with Crippen molar-refractivity contribution < 1.29 is 235 Å². The zero-order valence-electron chi connectivity index (χ0n) is 60.7. The average Bonchev–Trinajstić information content (AvgIpc) is 0.833. The number of hydrogen-bond acceptors (Lipinski definition) is 70. The van der Waals surface area contributed by atoms with E-state index in [1.54, 1.807) is 0 Å². The van der Waals surface area contributed by atoms with Gasteiger partial charge in [-0.05, 0) is 0 Å². The maximum Gasteiger partial charge on any atom is 0.298 e. The second-order valence-electron chi connectivity index (χ2n) is 23.9. The highest BCUT2D eigenvalue weighted by atomic mass is 33.1. The predicted octanol–water partition coefficient (Wildman–Crippen LogP) is 5.99. The number of phosphoric acid groups is 10. The Kier molecular flexibility index (Phi) is 49.2. The maximum atomic E-state index is 13.3. The molecule has 10 saturated heterocycles. The molecule has 0 aliphatic carbocycles. The van der Waals surface area contributed by atoms with Gasteiger partial charge in [-0.25, -0.2) is 44.0 Å². The lowest BCUT2D eigenvalue weighted by molar-refractivity contribution is -0.351. The van der Waals surface area contributed by atoms with Crippen molar-refractivity contribution in [2.75, 3.05) is 129 Å². The Balaban J connectivity index is 0.625. The molecule has 80 heteroatoms. The van der Waals surface area contributed by atoms with E-state index < -0.39 is 200 Å². The van der Waals surface area contributed by atoms with Gasteiger partial charge < -0.3 is 103 Å². The molecule has 0 N–H and O–H groups in total. The molecule has 714 valence electrons. The van der Waals surface area contributed by atoms with Gasteiger partial charge in [0.05, 0.1) is 6.10 Å². The molecule has 0 radical (unpaired) electrons. The summed E-state index contributed by atoms with van der Waals surface area (Å²) in [4.78, 5) is 176. The summed E-state index contributed by atoms with van der Waals surface area (Å²) in [5.41, 5.74) is 0. The van der Waals surface area contributed by atoms with Crippen LogP contribution in [0.2, 0.25) is 0 Å². The van der Waals surface area contributed by atoms with Crippen LogP contribution in [0.3, 0.4) is 0 Å². The zero-order valence-corrected chi connectivity index (χ0v) is 86.0. The third-order valence-corrected chi connectivity index (χ3v) is 47.4. The molecule has 30 unspecified atom stereocenters. The van der Waals surface area contributed by atoms with Crippen molar-refractivity contribution in [3.05, 3.63) is 0 Å². The van der Waals surface area contributed by atoms with E-state index in [0.717, 1.165) is 169 Å². The van der Waals surface area contributed by atoms with Gasteiger partial charge in [0.1, 0.15) is 116 Å². The van der Waals surface area contributed by atoms with Crippen LogP contribution in [0.15, 0.2) is 0 Å². The lowest BCUT2D eigenvalue weighted by Crippen LogP contribution is -2.41. The Morgan fingerprint density at radius 3 is 0.377 bits per heavy atom. The largest absolute Gasteiger partial charge is 0.756 e. The van der Waals surface area contributed by atoms with Crippen molar-refractivity contribution in [2.24, 2.45) is 0 Å². The number of rotatable bonds is 49. The van der Waals surface area contributed by atoms with Crippen LogP contribution in [-0.2, 0) is 186 Å². The summed E-state index contributed by atoms with van der Waals surface area (Å²) in [5.74, 6) is -1.87. The van der Waals surface area contributed by atoms with Crippen molar-refractivity contribution in [1.29, 1.82) is 0 Å². The Morgan fingerprint density at radius 1 is 0.164 bits per heavy atom. The third-order valence-electron chi connectivity index (χ3n) is 15.1. The molecular weight excluding hydrogens is 2260 g/mol. The highest BCUT2D eigenvalue weighted by Crippen LogP contribution is 2.57. The van der Waals surface area contributed by atoms with Gasteiger partial charge in [-0.3, -0.25) is 45.7 Å². The first-order valence-corrected chi connectivity index (χ1v) is 72.8. The quantitative estimate of drug-likeness (QED) is 0.0292. The molecule has 10 aliphatic rings. The van der Waals surface area contributed by atoms with E-state index in [1.165, 1.54) is 61.1 Å². The van der Waals surface area contributed by atoms with E-state index in [2.05, 4.69) is 27.9 Å². The summed E-state index contributed by atoms with van der Waals surface area (Å²) in [6.45, 7) is 0. The van der Waals surface area contributed by atoms with Gasteiger partial charge in [-0.2, -0.15) is 42.1 Å². The first-order chi connectivity index (χ1) is 57.6. The summed E-state index contributed by atoms with van der Waals surface area (Å²) in [6.07, 6.45) is -27.8. The van der Waals surface area contributed by atoms with Crippen LogP contribution in [-0.4, -0.2) is 251 Å². The van der Waals surface area contributed by atoms with Crippen LogP contribution in [0.5, 0.6) is 0 Å². The van der Waals surface area contributed by atoms with Crippen molar-refractivity contribution in [2.45, 2.75) is 122 Å². The van der Waals surface area contributed by atoms with Crippen LogP contribution in [0.1, 0.15) is 0 Å². The number of methoxy groups -OCH3 is 1. The van der Waals surface area contributed by atoms with Gasteiger partial charge in [-0.1, -0.05) is 216 Å². The van der Waals surface area contributed by atoms with Gasteiger partial charge in [0.25, 0.3) is 78.2 Å². The molecule has 0 aromatic heterocycles. The smallest absolute Gasteiger partial charge is 0.298 e. The minimum atomic E-state index is -5.63. The van der Waals surface area contributed by atoms with Gasteiger partial charge >= 0.3 is 0 Å². The maximum absolute atomic E-state index is 13.3. The molecule has 50 nitrogen and oxygen atoms in total. The van der Waals surface area contributed by atoms with Gasteiger partial charge in [-0.15, -0.1) is 0 Å². The lowest BCUT2D eigenvalue weighted by atomic mass is 10.2. The fourth-order valence-corrected chi connectivity index (χ4v) is 42.1. The molecule has 0 aromatic rings. The van der Waals surface area contributed by atoms with Crippen molar-refractivity contribution >= 4 is 294 Å². The fraction of sp³-hybridized carbons (Fsp3) is 1.00. The Labute approximate surface area is 772 Å². The highest BCUT2D eigenvalue weighted by Gasteiger charge is 2.46. The second kappa shape index (κ2) is 53.7. The Morgan fingerprint density at radius 2 is 0.262 bits per heavy atom. The minimum absolute atomic E-state index is 0.0178. The normalized spacial score (nSPS) is 36.9. The Bertz CT molecular complexity index is 3720. The Hall–Kier alpha value is 7.70. The summed E-state index contributed by atoms with van der Waals surface area (Å²) in [6, 6.07) is 0. The first-order valence-electron chi connectivity index (χ1n) is 33.3. The van der Waals surface area contributed by atoms with Gasteiger partial charge in [0.15, 0.2) is 0 Å². The van der Waals surface area contributed by atoms with E-state index >= 15 is 0 Å². The predicted molar refractivity (Wildman–Crippen MR) is 445 cm³/mol. The topological polar surface area (TPSA) is 678 Å². The zero-order chi connectivity index (χ0) is 88.0. The molecule has 0 bridgehead atoms. The number of ether oxygens (including phenoxy) is 1. The molecule has 10 rings (SSSR count). The standard InChI is InChI=1S/C42H76O50P10S20/c1-63-23-3-103-113-13-33(23)75-94(45,46)84-66-25-5-105-115-15-35(25)77-96(49,50)86-68-27-7-107-117-17-37(27)79-98(53,54)88-70-29-9-109-119-19-39(29)81-100(57,58)90-72-31-11-111-121-21-41(31)83-102(61,62)92-73-32-12-112-122-22-42(32)82-101(59,60)91-71-30-10-110-120-20-40(30)80-99(55,56)89-69-28-8-108-118-18-38(28)78-97(51,52)87-67-26-6-106-116-16-36(26)76-95(47,48)85-65-24-4-104-114-14-34(24)74-93(43,44)64-2/h23-42H,3-22H2,1-2H3,(H,43,44)(H,45,46)(H,47,48)(H,49,50)(H,51,52)(H,53,54)(H,55,56)(H,57,58)(H,59,60)(H,61,62)/p-10. The third kappa shape index (κ3) is 39.9. The van der Waals surface area contributed by atoms with E-state index in [0.29, 0.717) is 5.75 Å². The molecule has 10 fully saturated rings. The second-order valence-corrected chi connectivity index (χ2v) is 62.2. The van der Waals surface area contributed by atoms with Gasteiger partial charge in [0.2, 0.25) is 0 Å². The van der Waals surface area contributed by atoms with Crippen LogP contribution in [0.4, 0.5) is 0 Å². The molecule has 10 heterocycles. The number of phosphoric ester groups is 10. The van der Waals surface area contributed by atoms with Crippen LogP contribution < -0.4 is 48.9 Å². The molecule has 0 saturated carbocycles. The van der Waals surface area contributed by atoms with E-state index in [4.69, 9.17) is 113 Å². The first kappa shape index (κ1) is 112. The molecular formula is C42H66O50P10S20-10. The van der Waals surface area contributed by atoms with Gasteiger partial charge in [0, 0.05) is 129 Å². The molecule has 0 aromatic carbocycles. The van der Waals surface area contributed by atoms with Crippen molar-refractivity contribution in [1.82, 2.24) is 0 Å². The molecule has 10 aliphatic heterocycles. The van der Waals surface area contributed by atoms with Crippen LogP contribution >= 0.6 is 294 Å². The summed E-state index contributed by atoms with van der Waals surface area (Å²) in [5, 5.41) is 0. The SMILES string of the molecule is COC1CSSCC1OP(=O)([O-])OOC1CSSCC1OP(=O)([O-])OOC1CSSCC1OP(=O)([O-])OOC1CSSCC1OP(=O)([O-])OOC1CSSCC1OP(=O)([O-])OOC1CSSCC1OP(=O)([O-])OOC1CSSCC1OP(=O)([O-])OOC1CSSCC1OP(=O)([O-])OOC1CSSCC1OP(=O)([O-])OOC1CSSCC1OP(=O)([O-])OC. The molecule has 0 amide bonds.